The highest BCUT2D eigenvalue weighted by molar-refractivity contribution is 8.37. The maximum Gasteiger partial charge on any atom is 0.126 e. The second-order valence-corrected chi connectivity index (χ2v) is 5.93. The summed E-state index contributed by atoms with van der Waals surface area (Å²) in [6.45, 7) is 7.87. The molecule has 1 aromatic carbocycles. The van der Waals surface area contributed by atoms with Crippen LogP contribution in [0.3, 0.4) is 0 Å². The van der Waals surface area contributed by atoms with Gasteiger partial charge in [0, 0.05) is 12.0 Å². The molecule has 1 aromatic heterocycles. The van der Waals surface area contributed by atoms with Gasteiger partial charge in [-0.15, -0.1) is 17.3 Å². The Bertz CT molecular complexity index is 598. The van der Waals surface area contributed by atoms with Crippen LogP contribution in [-0.4, -0.2) is 20.9 Å². The molecule has 0 saturated heterocycles. The standard InChI is InChI=1S/C14H18N3OPS/c1-4-12-7-11(5-6-14(12)18-10(2)3)8-13-9-17(19-20)16-15-13/h4-7,9-10,19-20H,1,8H2,2-3H3. The molecular formula is C14H18N3OPS. The topological polar surface area (TPSA) is 39.9 Å². The van der Waals surface area contributed by atoms with Gasteiger partial charge in [0.1, 0.15) is 5.75 Å². The zero-order valence-corrected chi connectivity index (χ0v) is 13.5. The summed E-state index contributed by atoms with van der Waals surface area (Å²) in [7, 11) is 0.306. The van der Waals surface area contributed by atoms with Crippen molar-refractivity contribution in [3.05, 3.63) is 47.8 Å². The molecule has 1 heterocycles. The fourth-order valence-electron chi connectivity index (χ4n) is 1.87. The molecule has 2 aromatic rings. The van der Waals surface area contributed by atoms with Crippen LogP contribution in [0.4, 0.5) is 0 Å². The SMILES string of the molecule is C=Cc1cc(Cc2cn(PS)nn2)ccc1OC(C)C. The predicted octanol–water partition coefficient (Wildman–Crippen LogP) is 3.59. The van der Waals surface area contributed by atoms with Gasteiger partial charge < -0.3 is 4.74 Å². The van der Waals surface area contributed by atoms with Gasteiger partial charge in [0.05, 0.1) is 25.9 Å². The highest BCUT2D eigenvalue weighted by Crippen LogP contribution is 2.24. The largest absolute Gasteiger partial charge is 0.490 e. The summed E-state index contributed by atoms with van der Waals surface area (Å²) in [5, 5.41) is 8.11. The van der Waals surface area contributed by atoms with Crippen molar-refractivity contribution in [2.24, 2.45) is 0 Å². The van der Waals surface area contributed by atoms with Crippen molar-refractivity contribution in [3.8, 4) is 5.75 Å². The molecule has 0 aliphatic carbocycles. The van der Waals surface area contributed by atoms with Gasteiger partial charge in [-0.25, -0.2) is 4.45 Å². The number of aromatic nitrogens is 3. The molecule has 0 spiro atoms. The lowest BCUT2D eigenvalue weighted by atomic mass is 10.1. The number of thiol groups is 1. The highest BCUT2D eigenvalue weighted by Gasteiger charge is 2.07. The van der Waals surface area contributed by atoms with E-state index in [1.54, 1.807) is 4.45 Å². The molecule has 20 heavy (non-hydrogen) atoms. The van der Waals surface area contributed by atoms with Gasteiger partial charge >= 0.3 is 0 Å². The molecule has 2 rings (SSSR count). The third-order valence-corrected chi connectivity index (χ3v) is 3.72. The molecule has 0 saturated carbocycles. The van der Waals surface area contributed by atoms with Crippen LogP contribution >= 0.6 is 20.2 Å². The summed E-state index contributed by atoms with van der Waals surface area (Å²) in [6.07, 6.45) is 4.61. The number of rotatable bonds is 6. The van der Waals surface area contributed by atoms with E-state index in [0.717, 1.165) is 29.0 Å². The minimum absolute atomic E-state index is 0.149. The van der Waals surface area contributed by atoms with Gasteiger partial charge in [0.25, 0.3) is 0 Å². The van der Waals surface area contributed by atoms with Crippen LogP contribution in [0.15, 0.2) is 31.0 Å². The van der Waals surface area contributed by atoms with E-state index in [-0.39, 0.29) is 6.10 Å². The van der Waals surface area contributed by atoms with Crippen LogP contribution in [-0.2, 0) is 6.42 Å². The van der Waals surface area contributed by atoms with Crippen molar-refractivity contribution < 1.29 is 4.74 Å². The minimum atomic E-state index is 0.149. The normalized spacial score (nSPS) is 11.4. The Labute approximate surface area is 126 Å². The smallest absolute Gasteiger partial charge is 0.126 e. The molecule has 106 valence electrons. The van der Waals surface area contributed by atoms with E-state index in [0.29, 0.717) is 7.93 Å². The van der Waals surface area contributed by atoms with Crippen LogP contribution in [0.25, 0.3) is 6.08 Å². The molecule has 0 aliphatic rings. The summed E-state index contributed by atoms with van der Waals surface area (Å²) in [5.41, 5.74) is 3.09. The first-order chi connectivity index (χ1) is 9.62. The second-order valence-electron chi connectivity index (χ2n) is 4.67. The van der Waals surface area contributed by atoms with Gasteiger partial charge in [-0.2, -0.15) is 0 Å². The van der Waals surface area contributed by atoms with Crippen molar-refractivity contribution in [2.45, 2.75) is 26.4 Å². The van der Waals surface area contributed by atoms with Gasteiger partial charge in [0.2, 0.25) is 0 Å². The molecule has 0 aliphatic heterocycles. The molecule has 1 unspecified atom stereocenters. The molecule has 4 nitrogen and oxygen atoms in total. The van der Waals surface area contributed by atoms with Crippen LogP contribution in [0, 0.1) is 0 Å². The zero-order valence-electron chi connectivity index (χ0n) is 11.6. The quantitative estimate of drug-likeness (QED) is 0.655. The Morgan fingerprint density at radius 3 is 2.90 bits per heavy atom. The third-order valence-electron chi connectivity index (χ3n) is 2.69. The molecule has 0 fully saturated rings. The van der Waals surface area contributed by atoms with Gasteiger partial charge in [-0.05, 0) is 31.5 Å². The minimum Gasteiger partial charge on any atom is -0.490 e. The Balaban J connectivity index is 2.18. The van der Waals surface area contributed by atoms with Crippen molar-refractivity contribution in [3.63, 3.8) is 0 Å². The van der Waals surface area contributed by atoms with Gasteiger partial charge in [0.15, 0.2) is 0 Å². The Hall–Kier alpha value is -1.32. The number of hydrogen-bond acceptors (Lipinski definition) is 4. The first-order valence-corrected chi connectivity index (χ1v) is 8.59. The molecule has 0 N–H and O–H groups in total. The van der Waals surface area contributed by atoms with E-state index in [4.69, 9.17) is 4.74 Å². The van der Waals surface area contributed by atoms with E-state index < -0.39 is 0 Å². The highest BCUT2D eigenvalue weighted by atomic mass is 32.7. The number of hydrogen-bond donors (Lipinski definition) is 1. The summed E-state index contributed by atoms with van der Waals surface area (Å²) < 4.78 is 7.48. The number of ether oxygens (including phenoxy) is 1. The number of nitrogens with zero attached hydrogens (tertiary/aromatic N) is 3. The van der Waals surface area contributed by atoms with Crippen LogP contribution in [0.5, 0.6) is 5.75 Å². The summed E-state index contributed by atoms with van der Waals surface area (Å²) >= 11 is 4.18. The molecule has 0 bridgehead atoms. The lowest BCUT2D eigenvalue weighted by Gasteiger charge is -2.13. The third kappa shape index (κ3) is 3.84. The first kappa shape index (κ1) is 15.1. The van der Waals surface area contributed by atoms with E-state index in [2.05, 4.69) is 35.2 Å². The molecule has 6 heteroatoms. The van der Waals surface area contributed by atoms with Crippen molar-refractivity contribution in [2.75, 3.05) is 0 Å². The first-order valence-electron chi connectivity index (χ1n) is 6.35. The maximum atomic E-state index is 5.75. The van der Waals surface area contributed by atoms with E-state index in [9.17, 15) is 0 Å². The van der Waals surface area contributed by atoms with E-state index >= 15 is 0 Å². The van der Waals surface area contributed by atoms with E-state index in [1.165, 1.54) is 0 Å². The van der Waals surface area contributed by atoms with Crippen LogP contribution in [0.1, 0.15) is 30.7 Å². The molecule has 0 amide bonds. The summed E-state index contributed by atoms with van der Waals surface area (Å²) in [4.78, 5) is 0. The molecular weight excluding hydrogens is 289 g/mol. The van der Waals surface area contributed by atoms with Crippen LogP contribution < -0.4 is 4.74 Å². The van der Waals surface area contributed by atoms with Crippen molar-refractivity contribution in [1.29, 1.82) is 0 Å². The Kier molecular flexibility index (Phi) is 5.21. The second kappa shape index (κ2) is 6.91. The van der Waals surface area contributed by atoms with Crippen molar-refractivity contribution in [1.82, 2.24) is 14.8 Å². The van der Waals surface area contributed by atoms with Gasteiger partial charge in [-0.1, -0.05) is 23.9 Å². The molecule has 1 atom stereocenters. The van der Waals surface area contributed by atoms with Gasteiger partial charge in [-0.3, -0.25) is 0 Å². The van der Waals surface area contributed by atoms with E-state index in [1.807, 2.05) is 38.3 Å². The fraction of sp³-hybridized carbons (Fsp3) is 0.286. The lowest BCUT2D eigenvalue weighted by Crippen LogP contribution is -2.06. The molecule has 0 radical (unpaired) electrons. The summed E-state index contributed by atoms with van der Waals surface area (Å²) in [5.74, 6) is 0.860. The predicted molar refractivity (Wildman–Crippen MR) is 87.8 cm³/mol. The maximum absolute atomic E-state index is 5.75. The fourth-order valence-corrected chi connectivity index (χ4v) is 2.45. The average Bonchev–Trinajstić information content (AvgIpc) is 2.87. The summed E-state index contributed by atoms with van der Waals surface area (Å²) in [6, 6.07) is 6.11. The van der Waals surface area contributed by atoms with Crippen molar-refractivity contribution >= 4 is 26.3 Å². The lowest BCUT2D eigenvalue weighted by molar-refractivity contribution is 0.242. The Morgan fingerprint density at radius 2 is 2.30 bits per heavy atom. The number of benzene rings is 1. The Morgan fingerprint density at radius 1 is 1.50 bits per heavy atom. The monoisotopic (exact) mass is 307 g/mol. The van der Waals surface area contributed by atoms with Crippen LogP contribution in [0.2, 0.25) is 0 Å². The average molecular weight is 307 g/mol. The zero-order chi connectivity index (χ0) is 14.5.